The van der Waals surface area contributed by atoms with Crippen LogP contribution in [0.3, 0.4) is 0 Å². The van der Waals surface area contributed by atoms with E-state index in [1.807, 2.05) is 31.2 Å². The molecule has 0 radical (unpaired) electrons. The molecular weight excluding hydrogens is 628 g/mol. The van der Waals surface area contributed by atoms with Crippen molar-refractivity contribution in [3.63, 3.8) is 0 Å². The van der Waals surface area contributed by atoms with Crippen molar-refractivity contribution in [1.29, 1.82) is 5.26 Å². The fraction of sp³-hybridized carbons (Fsp3) is 0.342. The number of hydrogen-bond donors (Lipinski definition) is 4. The maximum Gasteiger partial charge on any atom is 0.224 e. The lowest BCUT2D eigenvalue weighted by atomic mass is 9.93. The number of amides is 1. The van der Waals surface area contributed by atoms with E-state index in [9.17, 15) is 20.3 Å². The van der Waals surface area contributed by atoms with E-state index < -0.39 is 6.04 Å². The molecule has 5 rings (SSSR count). The predicted molar refractivity (Wildman–Crippen MR) is 186 cm³/mol. The molecular formula is C38H41ClN4O5. The van der Waals surface area contributed by atoms with Crippen LogP contribution in [0, 0.1) is 31.1 Å². The van der Waals surface area contributed by atoms with Gasteiger partial charge in [-0.15, -0.1) is 0 Å². The molecule has 0 saturated heterocycles. The van der Waals surface area contributed by atoms with Crippen LogP contribution in [0.15, 0.2) is 67.0 Å². The zero-order valence-corrected chi connectivity index (χ0v) is 28.0. The van der Waals surface area contributed by atoms with Crippen LogP contribution in [0.4, 0.5) is 5.69 Å². The normalized spacial score (nSPS) is 12.5. The minimum Gasteiger partial charge on any atom is -0.488 e. The fourth-order valence-corrected chi connectivity index (χ4v) is 5.73. The molecule has 1 aromatic heterocycles. The van der Waals surface area contributed by atoms with Gasteiger partial charge in [-0.1, -0.05) is 54.8 Å². The third-order valence-electron chi connectivity index (χ3n) is 8.66. The van der Waals surface area contributed by atoms with Gasteiger partial charge in [0.25, 0.3) is 0 Å². The molecule has 0 aliphatic heterocycles. The van der Waals surface area contributed by atoms with E-state index in [0.29, 0.717) is 40.0 Å². The summed E-state index contributed by atoms with van der Waals surface area (Å²) in [4.78, 5) is 16.7. The fourth-order valence-electron chi connectivity index (χ4n) is 5.49. The number of halogens is 1. The smallest absolute Gasteiger partial charge is 0.224 e. The molecule has 4 N–H and O–H groups in total. The summed E-state index contributed by atoms with van der Waals surface area (Å²) in [6.45, 7) is 4.30. The SMILES string of the molecule is Cc1c(COc2cc(OCc3cncc(C#N)c3)c(CNC(CO)CO)cc2Cl)cccc1-c1cccc(NC(=O)CCC2CC2)c1C. The molecule has 3 aromatic carbocycles. The van der Waals surface area contributed by atoms with Crippen molar-refractivity contribution in [3.05, 3.63) is 105 Å². The number of aromatic nitrogens is 1. The van der Waals surface area contributed by atoms with E-state index in [2.05, 4.69) is 40.7 Å². The Kier molecular flexibility index (Phi) is 12.0. The van der Waals surface area contributed by atoms with Crippen LogP contribution in [0.5, 0.6) is 11.5 Å². The van der Waals surface area contributed by atoms with Gasteiger partial charge in [0, 0.05) is 48.2 Å². The summed E-state index contributed by atoms with van der Waals surface area (Å²) < 4.78 is 12.4. The number of nitrogens with one attached hydrogen (secondary N) is 2. The molecule has 0 spiro atoms. The lowest BCUT2D eigenvalue weighted by Crippen LogP contribution is -2.35. The van der Waals surface area contributed by atoms with Gasteiger partial charge in [-0.25, -0.2) is 0 Å². The van der Waals surface area contributed by atoms with Crippen LogP contribution in [0.1, 0.15) is 59.1 Å². The van der Waals surface area contributed by atoms with Crippen molar-refractivity contribution in [2.75, 3.05) is 18.5 Å². The van der Waals surface area contributed by atoms with E-state index in [1.165, 1.54) is 19.0 Å². The van der Waals surface area contributed by atoms with E-state index in [0.717, 1.165) is 45.5 Å². The van der Waals surface area contributed by atoms with Gasteiger partial charge in [-0.05, 0) is 72.2 Å². The third-order valence-corrected chi connectivity index (χ3v) is 8.95. The number of carbonyl (C=O) groups excluding carboxylic acids is 1. The highest BCUT2D eigenvalue weighted by atomic mass is 35.5. The molecule has 0 atom stereocenters. The number of aliphatic hydroxyl groups is 2. The number of rotatable bonds is 16. The highest BCUT2D eigenvalue weighted by Gasteiger charge is 2.22. The number of nitrogens with zero attached hydrogens (tertiary/aromatic N) is 2. The number of hydrogen-bond acceptors (Lipinski definition) is 8. The third kappa shape index (κ3) is 9.12. The minimum absolute atomic E-state index is 0.0528. The molecule has 1 saturated carbocycles. The molecule has 9 nitrogen and oxygen atoms in total. The molecule has 1 aliphatic carbocycles. The van der Waals surface area contributed by atoms with E-state index >= 15 is 0 Å². The van der Waals surface area contributed by atoms with Crippen LogP contribution in [0.25, 0.3) is 11.1 Å². The van der Waals surface area contributed by atoms with Gasteiger partial charge in [-0.3, -0.25) is 9.78 Å². The van der Waals surface area contributed by atoms with Crippen molar-refractivity contribution in [2.45, 2.75) is 65.3 Å². The molecule has 250 valence electrons. The Hall–Kier alpha value is -4.46. The van der Waals surface area contributed by atoms with Crippen LogP contribution >= 0.6 is 11.6 Å². The van der Waals surface area contributed by atoms with Gasteiger partial charge in [-0.2, -0.15) is 5.26 Å². The number of anilines is 1. The van der Waals surface area contributed by atoms with E-state index in [4.69, 9.17) is 21.1 Å². The maximum absolute atomic E-state index is 12.6. The largest absolute Gasteiger partial charge is 0.488 e. The Balaban J connectivity index is 1.34. The van der Waals surface area contributed by atoms with Gasteiger partial charge < -0.3 is 30.3 Å². The van der Waals surface area contributed by atoms with Crippen molar-refractivity contribution >= 4 is 23.2 Å². The van der Waals surface area contributed by atoms with Gasteiger partial charge >= 0.3 is 0 Å². The molecule has 0 unspecified atom stereocenters. The topological polar surface area (TPSA) is 137 Å². The molecule has 1 aliphatic rings. The average Bonchev–Trinajstić information content (AvgIpc) is 3.93. The zero-order valence-electron chi connectivity index (χ0n) is 27.3. The number of aliphatic hydroxyl groups excluding tert-OH is 2. The Morgan fingerprint density at radius 1 is 0.979 bits per heavy atom. The summed E-state index contributed by atoms with van der Waals surface area (Å²) in [6, 6.07) is 18.8. The summed E-state index contributed by atoms with van der Waals surface area (Å²) in [6.07, 6.45) is 7.09. The number of benzene rings is 3. The molecule has 4 aromatic rings. The monoisotopic (exact) mass is 668 g/mol. The maximum atomic E-state index is 12.6. The number of pyridine rings is 1. The lowest BCUT2D eigenvalue weighted by molar-refractivity contribution is -0.116. The van der Waals surface area contributed by atoms with Crippen molar-refractivity contribution < 1.29 is 24.5 Å². The molecule has 1 fully saturated rings. The quantitative estimate of drug-likeness (QED) is 0.105. The predicted octanol–water partition coefficient (Wildman–Crippen LogP) is 6.62. The highest BCUT2D eigenvalue weighted by molar-refractivity contribution is 6.32. The Labute approximate surface area is 286 Å². The first-order valence-electron chi connectivity index (χ1n) is 16.1. The average molecular weight is 669 g/mol. The minimum atomic E-state index is -0.507. The molecule has 1 heterocycles. The van der Waals surface area contributed by atoms with Crippen LogP contribution in [-0.4, -0.2) is 40.4 Å². The second kappa shape index (κ2) is 16.6. The molecule has 1 amide bonds. The Morgan fingerprint density at radius 2 is 1.71 bits per heavy atom. The van der Waals surface area contributed by atoms with Gasteiger partial charge in [0.05, 0.1) is 29.8 Å². The number of ether oxygens (including phenoxy) is 2. The summed E-state index contributed by atoms with van der Waals surface area (Å²) in [7, 11) is 0. The van der Waals surface area contributed by atoms with Gasteiger partial charge in [0.1, 0.15) is 30.8 Å². The first-order valence-corrected chi connectivity index (χ1v) is 16.5. The molecule has 0 bridgehead atoms. The second-order valence-electron chi connectivity index (χ2n) is 12.2. The standard InChI is InChI=1S/C38H41ClN4O5/c1-24-29(5-3-6-32(24)33-7-4-8-35(25(33)2)43-38(46)12-11-26-9-10-26)23-48-37-15-36(47-22-28-13-27(16-40)17-41-18-28)30(14-34(37)39)19-42-31(20-44)21-45/h3-8,13-15,17-18,26,31,42,44-45H,9-12,19-23H2,1-2H3,(H,43,46). The van der Waals surface area contributed by atoms with Crippen molar-refractivity contribution in [3.8, 4) is 28.7 Å². The van der Waals surface area contributed by atoms with Gasteiger partial charge in [0.2, 0.25) is 5.91 Å². The van der Waals surface area contributed by atoms with Crippen LogP contribution < -0.4 is 20.1 Å². The van der Waals surface area contributed by atoms with Crippen LogP contribution in [0.2, 0.25) is 5.02 Å². The molecule has 48 heavy (non-hydrogen) atoms. The van der Waals surface area contributed by atoms with Crippen molar-refractivity contribution in [1.82, 2.24) is 10.3 Å². The summed E-state index contributed by atoms with van der Waals surface area (Å²) in [5.41, 5.74) is 7.80. The van der Waals surface area contributed by atoms with E-state index in [1.54, 1.807) is 24.4 Å². The highest BCUT2D eigenvalue weighted by Crippen LogP contribution is 2.37. The molecule has 10 heteroatoms. The summed E-state index contributed by atoms with van der Waals surface area (Å²) in [5.74, 6) is 1.69. The zero-order chi connectivity index (χ0) is 34.0. The van der Waals surface area contributed by atoms with E-state index in [-0.39, 0.29) is 38.9 Å². The first kappa shape index (κ1) is 34.9. The number of carbonyl (C=O) groups is 1. The summed E-state index contributed by atoms with van der Waals surface area (Å²) >= 11 is 6.71. The first-order chi connectivity index (χ1) is 23.3. The van der Waals surface area contributed by atoms with Crippen LogP contribution in [-0.2, 0) is 24.6 Å². The Morgan fingerprint density at radius 3 is 2.44 bits per heavy atom. The second-order valence-corrected chi connectivity index (χ2v) is 12.6. The Bertz CT molecular complexity index is 1780. The summed E-state index contributed by atoms with van der Waals surface area (Å²) in [5, 5.41) is 34.9. The van der Waals surface area contributed by atoms with Gasteiger partial charge in [0.15, 0.2) is 0 Å². The van der Waals surface area contributed by atoms with Crippen molar-refractivity contribution in [2.24, 2.45) is 5.92 Å². The number of nitriles is 1. The lowest BCUT2D eigenvalue weighted by Gasteiger charge is -2.19.